The van der Waals surface area contributed by atoms with Crippen LogP contribution in [0.15, 0.2) is 18.3 Å². The van der Waals surface area contributed by atoms with E-state index in [-0.39, 0.29) is 5.91 Å². The van der Waals surface area contributed by atoms with Crippen LogP contribution in [0.5, 0.6) is 0 Å². The molecule has 0 aliphatic carbocycles. The highest BCUT2D eigenvalue weighted by Gasteiger charge is 2.08. The molecule has 0 aliphatic heterocycles. The molecule has 2 heterocycles. The summed E-state index contributed by atoms with van der Waals surface area (Å²) in [6, 6.07) is 3.34. The minimum Gasteiger partial charge on any atom is -0.351 e. The average Bonchev–Trinajstić information content (AvgIpc) is 2.69. The van der Waals surface area contributed by atoms with Crippen molar-refractivity contribution in [3.05, 3.63) is 29.7 Å². The summed E-state index contributed by atoms with van der Waals surface area (Å²) in [6.07, 6.45) is 1.86. The lowest BCUT2D eigenvalue weighted by molar-refractivity contribution is 0.0950. The third-order valence-electron chi connectivity index (χ3n) is 2.51. The van der Waals surface area contributed by atoms with Crippen molar-refractivity contribution in [1.82, 2.24) is 25.3 Å². The summed E-state index contributed by atoms with van der Waals surface area (Å²) in [5, 5.41) is 17.8. The van der Waals surface area contributed by atoms with Gasteiger partial charge in [-0.1, -0.05) is 0 Å². The molecular weight excluding hydrogens is 244 g/mol. The van der Waals surface area contributed by atoms with Crippen LogP contribution in [0.25, 0.3) is 0 Å². The Balaban J connectivity index is 2.10. The maximum absolute atomic E-state index is 11.5. The summed E-state index contributed by atoms with van der Waals surface area (Å²) in [7, 11) is 1.85. The van der Waals surface area contributed by atoms with Crippen LogP contribution in [0.1, 0.15) is 23.1 Å². The summed E-state index contributed by atoms with van der Waals surface area (Å²) in [5.74, 6) is 0.350. The second-order valence-corrected chi connectivity index (χ2v) is 4.09. The van der Waals surface area contributed by atoms with Crippen molar-refractivity contribution < 1.29 is 4.79 Å². The highest BCUT2D eigenvalue weighted by molar-refractivity contribution is 5.92. The van der Waals surface area contributed by atoms with E-state index in [2.05, 4.69) is 25.9 Å². The third-order valence-corrected chi connectivity index (χ3v) is 2.51. The summed E-state index contributed by atoms with van der Waals surface area (Å²) < 4.78 is 1.72. The molecule has 0 atom stereocenters. The number of carbonyl (C=O) groups is 1. The van der Waals surface area contributed by atoms with Crippen LogP contribution in [0.2, 0.25) is 0 Å². The predicted octanol–water partition coefficient (Wildman–Crippen LogP) is 1.01. The molecule has 0 saturated carbocycles. The van der Waals surface area contributed by atoms with Gasteiger partial charge in [-0.05, 0) is 26.0 Å². The van der Waals surface area contributed by atoms with Gasteiger partial charge in [-0.25, -0.2) is 0 Å². The molecule has 2 rings (SSSR count). The Morgan fingerprint density at radius 3 is 2.68 bits per heavy atom. The van der Waals surface area contributed by atoms with Crippen molar-refractivity contribution in [2.45, 2.75) is 13.8 Å². The number of anilines is 2. The van der Waals surface area contributed by atoms with E-state index in [4.69, 9.17) is 0 Å². The van der Waals surface area contributed by atoms with Crippen LogP contribution in [0.4, 0.5) is 11.5 Å². The maximum Gasteiger partial charge on any atom is 0.271 e. The Morgan fingerprint density at radius 1 is 1.37 bits per heavy atom. The standard InChI is InChI=1S/C12H16N6O/c1-4-13-12(19)9-5-6-11(16-15-9)14-10-7-18(3)17-8(10)2/h5-7H,4H2,1-3H3,(H,13,19)(H,14,16). The van der Waals surface area contributed by atoms with E-state index in [1.165, 1.54) is 0 Å². The molecular formula is C12H16N6O. The number of nitrogens with one attached hydrogen (secondary N) is 2. The molecule has 19 heavy (non-hydrogen) atoms. The molecule has 0 spiro atoms. The van der Waals surface area contributed by atoms with E-state index in [1.54, 1.807) is 16.8 Å². The van der Waals surface area contributed by atoms with E-state index < -0.39 is 0 Å². The Hall–Kier alpha value is -2.44. The number of rotatable bonds is 4. The molecule has 2 N–H and O–H groups in total. The third kappa shape index (κ3) is 3.06. The number of hydrogen-bond donors (Lipinski definition) is 2. The van der Waals surface area contributed by atoms with Gasteiger partial charge in [0.15, 0.2) is 11.5 Å². The first-order valence-corrected chi connectivity index (χ1v) is 5.99. The minimum atomic E-state index is -0.223. The first kappa shape index (κ1) is 13.0. The molecule has 0 unspecified atom stereocenters. The predicted molar refractivity (Wildman–Crippen MR) is 71.3 cm³/mol. The molecule has 0 aliphatic rings. The Bertz CT molecular complexity index is 574. The largest absolute Gasteiger partial charge is 0.351 e. The monoisotopic (exact) mass is 260 g/mol. The van der Waals surface area contributed by atoms with Crippen LogP contribution in [0.3, 0.4) is 0 Å². The number of nitrogens with zero attached hydrogens (tertiary/aromatic N) is 4. The van der Waals surface area contributed by atoms with Crippen LogP contribution >= 0.6 is 0 Å². The summed E-state index contributed by atoms with van der Waals surface area (Å²) in [4.78, 5) is 11.5. The molecule has 0 bridgehead atoms. The van der Waals surface area contributed by atoms with Crippen molar-refractivity contribution in [3.8, 4) is 0 Å². The van der Waals surface area contributed by atoms with Gasteiger partial charge in [-0.15, -0.1) is 10.2 Å². The Morgan fingerprint density at radius 2 is 2.16 bits per heavy atom. The minimum absolute atomic E-state index is 0.223. The fourth-order valence-corrected chi connectivity index (χ4v) is 1.63. The lowest BCUT2D eigenvalue weighted by Gasteiger charge is -2.04. The van der Waals surface area contributed by atoms with Crippen molar-refractivity contribution in [2.75, 3.05) is 11.9 Å². The first-order chi connectivity index (χ1) is 9.10. The Kier molecular flexibility index (Phi) is 3.74. The highest BCUT2D eigenvalue weighted by Crippen LogP contribution is 2.16. The van der Waals surface area contributed by atoms with Gasteiger partial charge in [0.25, 0.3) is 5.91 Å². The molecule has 7 nitrogen and oxygen atoms in total. The zero-order valence-corrected chi connectivity index (χ0v) is 11.1. The van der Waals surface area contributed by atoms with Gasteiger partial charge in [0.1, 0.15) is 0 Å². The number of amides is 1. The quantitative estimate of drug-likeness (QED) is 0.857. The molecule has 0 radical (unpaired) electrons. The second-order valence-electron chi connectivity index (χ2n) is 4.09. The van der Waals surface area contributed by atoms with Crippen LogP contribution in [-0.4, -0.2) is 32.4 Å². The van der Waals surface area contributed by atoms with Gasteiger partial charge < -0.3 is 10.6 Å². The summed E-state index contributed by atoms with van der Waals surface area (Å²) in [6.45, 7) is 4.32. The Labute approximate surface area is 111 Å². The van der Waals surface area contributed by atoms with Gasteiger partial charge >= 0.3 is 0 Å². The zero-order chi connectivity index (χ0) is 13.8. The van der Waals surface area contributed by atoms with E-state index >= 15 is 0 Å². The SMILES string of the molecule is CCNC(=O)c1ccc(Nc2cn(C)nc2C)nn1. The van der Waals surface area contributed by atoms with Crippen molar-refractivity contribution in [2.24, 2.45) is 7.05 Å². The van der Waals surface area contributed by atoms with Crippen molar-refractivity contribution >= 4 is 17.4 Å². The topological polar surface area (TPSA) is 84.7 Å². The van der Waals surface area contributed by atoms with Crippen LogP contribution < -0.4 is 10.6 Å². The molecule has 0 saturated heterocycles. The molecule has 1 amide bonds. The lowest BCUT2D eigenvalue weighted by atomic mass is 10.3. The van der Waals surface area contributed by atoms with Crippen LogP contribution in [-0.2, 0) is 7.05 Å². The fraction of sp³-hybridized carbons (Fsp3) is 0.333. The molecule has 100 valence electrons. The van der Waals surface area contributed by atoms with Crippen molar-refractivity contribution in [3.63, 3.8) is 0 Å². The van der Waals surface area contributed by atoms with E-state index in [0.717, 1.165) is 11.4 Å². The van der Waals surface area contributed by atoms with Crippen molar-refractivity contribution in [1.29, 1.82) is 0 Å². The lowest BCUT2D eigenvalue weighted by Crippen LogP contribution is -2.24. The fourth-order valence-electron chi connectivity index (χ4n) is 1.63. The number of aromatic nitrogens is 4. The van der Waals surface area contributed by atoms with Gasteiger partial charge in [0.05, 0.1) is 11.4 Å². The van der Waals surface area contributed by atoms with E-state index in [9.17, 15) is 4.79 Å². The van der Waals surface area contributed by atoms with Gasteiger partial charge in [0, 0.05) is 19.8 Å². The van der Waals surface area contributed by atoms with E-state index in [1.807, 2.05) is 27.1 Å². The highest BCUT2D eigenvalue weighted by atomic mass is 16.1. The van der Waals surface area contributed by atoms with Gasteiger partial charge in [0.2, 0.25) is 0 Å². The normalized spacial score (nSPS) is 10.3. The van der Waals surface area contributed by atoms with Gasteiger partial charge in [-0.2, -0.15) is 5.10 Å². The summed E-state index contributed by atoms with van der Waals surface area (Å²) >= 11 is 0. The second kappa shape index (κ2) is 5.47. The molecule has 0 fully saturated rings. The number of carbonyl (C=O) groups excluding carboxylic acids is 1. The molecule has 2 aromatic heterocycles. The number of hydrogen-bond acceptors (Lipinski definition) is 5. The smallest absolute Gasteiger partial charge is 0.271 e. The maximum atomic E-state index is 11.5. The molecule has 2 aromatic rings. The average molecular weight is 260 g/mol. The number of aryl methyl sites for hydroxylation is 2. The zero-order valence-electron chi connectivity index (χ0n) is 11.1. The summed E-state index contributed by atoms with van der Waals surface area (Å²) in [5.41, 5.74) is 2.04. The first-order valence-electron chi connectivity index (χ1n) is 5.99. The van der Waals surface area contributed by atoms with Crippen LogP contribution in [0, 0.1) is 6.92 Å². The molecule has 0 aromatic carbocycles. The van der Waals surface area contributed by atoms with E-state index in [0.29, 0.717) is 18.1 Å². The van der Waals surface area contributed by atoms with Gasteiger partial charge in [-0.3, -0.25) is 9.48 Å². The molecule has 7 heteroatoms.